The van der Waals surface area contributed by atoms with Gasteiger partial charge >= 0.3 is 0 Å². The Morgan fingerprint density at radius 3 is 2.64 bits per heavy atom. The summed E-state index contributed by atoms with van der Waals surface area (Å²) in [6.45, 7) is 4.16. The lowest BCUT2D eigenvalue weighted by molar-refractivity contribution is -0.146. The molecule has 0 bridgehead atoms. The number of nitrogens with zero attached hydrogens (tertiary/aromatic N) is 1. The summed E-state index contributed by atoms with van der Waals surface area (Å²) in [7, 11) is 0. The normalized spacial score (nSPS) is 17.6. The van der Waals surface area contributed by atoms with Crippen LogP contribution in [0.2, 0.25) is 5.02 Å². The van der Waals surface area contributed by atoms with Crippen molar-refractivity contribution in [1.82, 2.24) is 4.90 Å². The third-order valence-electron chi connectivity index (χ3n) is 4.45. The highest BCUT2D eigenvalue weighted by molar-refractivity contribution is 6.30. The summed E-state index contributed by atoms with van der Waals surface area (Å²) in [4.78, 5) is 14.9. The van der Waals surface area contributed by atoms with Gasteiger partial charge in [0.15, 0.2) is 5.60 Å². The van der Waals surface area contributed by atoms with Crippen LogP contribution in [0.1, 0.15) is 38.3 Å². The Bertz CT molecular complexity index is 761. The molecule has 0 aliphatic carbocycles. The highest BCUT2D eigenvalue weighted by Crippen LogP contribution is 2.35. The molecule has 3 rings (SSSR count). The Morgan fingerprint density at radius 2 is 1.96 bits per heavy atom. The van der Waals surface area contributed by atoms with Crippen molar-refractivity contribution < 1.29 is 13.9 Å². The van der Waals surface area contributed by atoms with E-state index in [1.807, 2.05) is 6.07 Å². The lowest BCUT2D eigenvalue weighted by atomic mass is 10.0. The molecule has 0 aromatic heterocycles. The fraction of sp³-hybridized carbons (Fsp3) is 0.350. The zero-order valence-electron chi connectivity index (χ0n) is 14.3. The predicted octanol–water partition coefficient (Wildman–Crippen LogP) is 5.00. The van der Waals surface area contributed by atoms with E-state index in [0.29, 0.717) is 17.3 Å². The molecular weight excluding hydrogens is 341 g/mol. The predicted molar refractivity (Wildman–Crippen MR) is 96.2 cm³/mol. The molecule has 1 aliphatic heterocycles. The first-order valence-corrected chi connectivity index (χ1v) is 8.76. The van der Waals surface area contributed by atoms with Crippen LogP contribution in [-0.4, -0.2) is 23.0 Å². The summed E-state index contributed by atoms with van der Waals surface area (Å²) in [5, 5.41) is 0.613. The summed E-state index contributed by atoms with van der Waals surface area (Å²) in [6.07, 6.45) is 1.72. The quantitative estimate of drug-likeness (QED) is 0.766. The second kappa shape index (κ2) is 7.04. The van der Waals surface area contributed by atoms with E-state index in [9.17, 15) is 9.18 Å². The molecule has 0 saturated carbocycles. The second-order valence-electron chi connectivity index (χ2n) is 6.78. The molecule has 1 atom stereocenters. The number of hydrogen-bond acceptors (Lipinski definition) is 2. The van der Waals surface area contributed by atoms with Crippen molar-refractivity contribution >= 4 is 17.5 Å². The standard InChI is InChI=1S/C20H21ClFNO2/c1-20(2,25-17-10-8-15(21)9-11-17)19(24)23-12-4-7-18(23)14-5-3-6-16(22)13-14/h3,5-6,8-11,13,18H,4,7,12H2,1-2H3. The van der Waals surface area contributed by atoms with Crippen molar-refractivity contribution in [1.29, 1.82) is 0 Å². The van der Waals surface area contributed by atoms with E-state index in [1.165, 1.54) is 12.1 Å². The fourth-order valence-electron chi connectivity index (χ4n) is 3.26. The molecule has 1 saturated heterocycles. The average molecular weight is 362 g/mol. The molecule has 1 aliphatic rings. The maximum atomic E-state index is 13.6. The lowest BCUT2D eigenvalue weighted by Gasteiger charge is -2.33. The van der Waals surface area contributed by atoms with Crippen molar-refractivity contribution in [3.05, 3.63) is 64.9 Å². The summed E-state index contributed by atoms with van der Waals surface area (Å²) < 4.78 is 19.5. The van der Waals surface area contributed by atoms with Crippen LogP contribution in [0.4, 0.5) is 4.39 Å². The molecule has 5 heteroatoms. The topological polar surface area (TPSA) is 29.5 Å². The third-order valence-corrected chi connectivity index (χ3v) is 4.70. The van der Waals surface area contributed by atoms with Gasteiger partial charge in [0.1, 0.15) is 11.6 Å². The Labute approximate surface area is 152 Å². The fourth-order valence-corrected chi connectivity index (χ4v) is 3.38. The average Bonchev–Trinajstić information content (AvgIpc) is 3.05. The maximum absolute atomic E-state index is 13.6. The molecule has 1 amide bonds. The molecule has 1 unspecified atom stereocenters. The maximum Gasteiger partial charge on any atom is 0.266 e. The Kier molecular flexibility index (Phi) is 5.00. The van der Waals surface area contributed by atoms with E-state index in [0.717, 1.165) is 18.4 Å². The molecule has 1 heterocycles. The number of carbonyl (C=O) groups is 1. The first-order chi connectivity index (χ1) is 11.9. The highest BCUT2D eigenvalue weighted by Gasteiger charge is 2.40. The SMILES string of the molecule is CC(C)(Oc1ccc(Cl)cc1)C(=O)N1CCCC1c1cccc(F)c1. The Balaban J connectivity index is 1.79. The highest BCUT2D eigenvalue weighted by atomic mass is 35.5. The molecule has 1 fully saturated rings. The first kappa shape index (κ1) is 17.7. The van der Waals surface area contributed by atoms with Crippen LogP contribution >= 0.6 is 11.6 Å². The van der Waals surface area contributed by atoms with Gasteiger partial charge < -0.3 is 9.64 Å². The number of carbonyl (C=O) groups excluding carboxylic acids is 1. The number of hydrogen-bond donors (Lipinski definition) is 0. The third kappa shape index (κ3) is 3.96. The number of halogens is 2. The van der Waals surface area contributed by atoms with Crippen molar-refractivity contribution in [3.63, 3.8) is 0 Å². The zero-order chi connectivity index (χ0) is 18.0. The van der Waals surface area contributed by atoms with Crippen molar-refractivity contribution in [2.75, 3.05) is 6.54 Å². The largest absolute Gasteiger partial charge is 0.478 e. The number of ether oxygens (including phenoxy) is 1. The molecule has 0 spiro atoms. The molecule has 25 heavy (non-hydrogen) atoms. The van der Waals surface area contributed by atoms with E-state index in [4.69, 9.17) is 16.3 Å². The van der Waals surface area contributed by atoms with Gasteiger partial charge in [0.05, 0.1) is 6.04 Å². The summed E-state index contributed by atoms with van der Waals surface area (Å²) in [5.41, 5.74) is -0.197. The molecule has 3 nitrogen and oxygen atoms in total. The van der Waals surface area contributed by atoms with E-state index in [-0.39, 0.29) is 17.8 Å². The van der Waals surface area contributed by atoms with Crippen molar-refractivity contribution in [2.45, 2.75) is 38.3 Å². The minimum Gasteiger partial charge on any atom is -0.478 e. The van der Waals surface area contributed by atoms with Gasteiger partial charge in [-0.2, -0.15) is 0 Å². The van der Waals surface area contributed by atoms with Crippen molar-refractivity contribution in [2.24, 2.45) is 0 Å². The van der Waals surface area contributed by atoms with Gasteiger partial charge in [-0.05, 0) is 68.7 Å². The molecule has 2 aromatic carbocycles. The van der Waals surface area contributed by atoms with Crippen LogP contribution in [0.5, 0.6) is 5.75 Å². The van der Waals surface area contributed by atoms with E-state index in [2.05, 4.69) is 0 Å². The van der Waals surface area contributed by atoms with Gasteiger partial charge in [-0.3, -0.25) is 4.79 Å². The van der Waals surface area contributed by atoms with Gasteiger partial charge in [0.2, 0.25) is 0 Å². The van der Waals surface area contributed by atoms with Crippen LogP contribution in [0.15, 0.2) is 48.5 Å². The second-order valence-corrected chi connectivity index (χ2v) is 7.21. The van der Waals surface area contributed by atoms with Crippen LogP contribution in [-0.2, 0) is 4.79 Å². The first-order valence-electron chi connectivity index (χ1n) is 8.38. The van der Waals surface area contributed by atoms with Crippen LogP contribution in [0.25, 0.3) is 0 Å². The monoisotopic (exact) mass is 361 g/mol. The van der Waals surface area contributed by atoms with E-state index in [1.54, 1.807) is 49.1 Å². The molecule has 0 radical (unpaired) electrons. The summed E-state index contributed by atoms with van der Waals surface area (Å²) >= 11 is 5.89. The lowest BCUT2D eigenvalue weighted by Crippen LogP contribution is -2.48. The van der Waals surface area contributed by atoms with Crippen molar-refractivity contribution in [3.8, 4) is 5.75 Å². The summed E-state index contributed by atoms with van der Waals surface area (Å²) in [6, 6.07) is 13.3. The van der Waals surface area contributed by atoms with Crippen LogP contribution in [0, 0.1) is 5.82 Å². The van der Waals surface area contributed by atoms with Gasteiger partial charge in [-0.25, -0.2) is 4.39 Å². The zero-order valence-corrected chi connectivity index (χ0v) is 15.1. The van der Waals surface area contributed by atoms with E-state index >= 15 is 0 Å². The smallest absolute Gasteiger partial charge is 0.266 e. The number of amides is 1. The Hall–Kier alpha value is -2.07. The minimum absolute atomic E-state index is 0.103. The number of rotatable bonds is 4. The van der Waals surface area contributed by atoms with E-state index < -0.39 is 5.60 Å². The van der Waals surface area contributed by atoms with Gasteiger partial charge in [0.25, 0.3) is 5.91 Å². The van der Waals surface area contributed by atoms with Crippen LogP contribution < -0.4 is 4.74 Å². The molecular formula is C20H21ClFNO2. The van der Waals surface area contributed by atoms with Gasteiger partial charge in [0, 0.05) is 11.6 Å². The molecule has 132 valence electrons. The molecule has 0 N–H and O–H groups in total. The molecule has 2 aromatic rings. The van der Waals surface area contributed by atoms with Gasteiger partial charge in [-0.1, -0.05) is 23.7 Å². The van der Waals surface area contributed by atoms with Gasteiger partial charge in [-0.15, -0.1) is 0 Å². The number of likely N-dealkylation sites (tertiary alicyclic amines) is 1. The Morgan fingerprint density at radius 1 is 1.24 bits per heavy atom. The minimum atomic E-state index is -1.02. The van der Waals surface area contributed by atoms with Crippen LogP contribution in [0.3, 0.4) is 0 Å². The summed E-state index contributed by atoms with van der Waals surface area (Å²) in [5.74, 6) is 0.201. The number of benzene rings is 2.